The lowest BCUT2D eigenvalue weighted by atomic mass is 10.2. The van der Waals surface area contributed by atoms with E-state index in [-0.39, 0.29) is 11.9 Å². The van der Waals surface area contributed by atoms with E-state index in [1.807, 2.05) is 16.9 Å². The molecule has 106 valence electrons. The summed E-state index contributed by atoms with van der Waals surface area (Å²) in [6.07, 6.45) is 5.71. The van der Waals surface area contributed by atoms with Gasteiger partial charge in [-0.2, -0.15) is 10.1 Å². The lowest BCUT2D eigenvalue weighted by Gasteiger charge is -2.21. The number of likely N-dealkylation sites (tertiary alicyclic amines) is 1. The molecule has 0 spiro atoms. The second-order valence-electron chi connectivity index (χ2n) is 4.78. The SMILES string of the molecule is NC(=O)c1noc([C@H]2CCCN2CCn2cccn2)n1. The summed E-state index contributed by atoms with van der Waals surface area (Å²) in [7, 11) is 0. The highest BCUT2D eigenvalue weighted by Gasteiger charge is 2.30. The monoisotopic (exact) mass is 276 g/mol. The van der Waals surface area contributed by atoms with Gasteiger partial charge in [0.05, 0.1) is 12.6 Å². The summed E-state index contributed by atoms with van der Waals surface area (Å²) >= 11 is 0. The first-order valence-electron chi connectivity index (χ1n) is 6.59. The quantitative estimate of drug-likeness (QED) is 0.836. The number of aromatic nitrogens is 4. The van der Waals surface area contributed by atoms with Crippen LogP contribution in [0.4, 0.5) is 0 Å². The third kappa shape index (κ3) is 2.55. The molecule has 1 saturated heterocycles. The lowest BCUT2D eigenvalue weighted by molar-refractivity contribution is 0.0987. The Balaban J connectivity index is 1.66. The summed E-state index contributed by atoms with van der Waals surface area (Å²) in [4.78, 5) is 17.3. The normalized spacial score (nSPS) is 19.5. The first-order chi connectivity index (χ1) is 9.74. The second-order valence-corrected chi connectivity index (χ2v) is 4.78. The van der Waals surface area contributed by atoms with Crippen LogP contribution in [0.15, 0.2) is 23.0 Å². The van der Waals surface area contributed by atoms with Crippen molar-refractivity contribution in [2.75, 3.05) is 13.1 Å². The number of hydrogen-bond acceptors (Lipinski definition) is 6. The van der Waals surface area contributed by atoms with Crippen LogP contribution in [-0.4, -0.2) is 43.8 Å². The molecule has 0 saturated carbocycles. The summed E-state index contributed by atoms with van der Waals surface area (Å²) in [5, 5.41) is 7.78. The lowest BCUT2D eigenvalue weighted by Crippen LogP contribution is -2.27. The Bertz CT molecular complexity index is 579. The molecule has 8 heteroatoms. The molecule has 3 rings (SSSR count). The summed E-state index contributed by atoms with van der Waals surface area (Å²) in [6, 6.07) is 1.96. The topological polar surface area (TPSA) is 103 Å². The van der Waals surface area contributed by atoms with Gasteiger partial charge >= 0.3 is 0 Å². The Hall–Kier alpha value is -2.22. The zero-order chi connectivity index (χ0) is 13.9. The van der Waals surface area contributed by atoms with Gasteiger partial charge in [0.15, 0.2) is 0 Å². The number of nitrogens with two attached hydrogens (primary N) is 1. The van der Waals surface area contributed by atoms with Gasteiger partial charge in [-0.1, -0.05) is 5.16 Å². The van der Waals surface area contributed by atoms with Crippen molar-refractivity contribution < 1.29 is 9.32 Å². The van der Waals surface area contributed by atoms with Crippen molar-refractivity contribution in [3.8, 4) is 0 Å². The molecule has 20 heavy (non-hydrogen) atoms. The van der Waals surface area contributed by atoms with E-state index in [0.717, 1.165) is 32.5 Å². The maximum Gasteiger partial charge on any atom is 0.290 e. The fraction of sp³-hybridized carbons (Fsp3) is 0.500. The molecule has 1 atom stereocenters. The highest BCUT2D eigenvalue weighted by atomic mass is 16.5. The molecule has 2 aromatic heterocycles. The number of rotatable bonds is 5. The van der Waals surface area contributed by atoms with Crippen LogP contribution in [0.1, 0.15) is 35.4 Å². The van der Waals surface area contributed by atoms with Gasteiger partial charge in [-0.3, -0.25) is 14.4 Å². The van der Waals surface area contributed by atoms with Crippen LogP contribution >= 0.6 is 0 Å². The van der Waals surface area contributed by atoms with Crippen LogP contribution in [0.25, 0.3) is 0 Å². The van der Waals surface area contributed by atoms with Crippen molar-refractivity contribution in [2.24, 2.45) is 5.73 Å². The number of carbonyl (C=O) groups is 1. The van der Waals surface area contributed by atoms with Crippen molar-refractivity contribution in [2.45, 2.75) is 25.4 Å². The fourth-order valence-electron chi connectivity index (χ4n) is 2.51. The Kier molecular flexibility index (Phi) is 3.46. The van der Waals surface area contributed by atoms with Gasteiger partial charge in [-0.05, 0) is 25.5 Å². The zero-order valence-corrected chi connectivity index (χ0v) is 11.0. The molecule has 0 aromatic carbocycles. The Morgan fingerprint density at radius 2 is 2.40 bits per heavy atom. The van der Waals surface area contributed by atoms with Crippen LogP contribution in [0.3, 0.4) is 0 Å². The molecule has 1 aliphatic rings. The van der Waals surface area contributed by atoms with Gasteiger partial charge in [-0.25, -0.2) is 0 Å². The van der Waals surface area contributed by atoms with Crippen LogP contribution < -0.4 is 5.73 Å². The fourth-order valence-corrected chi connectivity index (χ4v) is 2.51. The first kappa shape index (κ1) is 12.8. The van der Waals surface area contributed by atoms with E-state index in [1.165, 1.54) is 0 Å². The average molecular weight is 276 g/mol. The van der Waals surface area contributed by atoms with Crippen LogP contribution in [0, 0.1) is 0 Å². The van der Waals surface area contributed by atoms with Crippen molar-refractivity contribution in [1.29, 1.82) is 0 Å². The third-order valence-corrected chi connectivity index (χ3v) is 3.49. The van der Waals surface area contributed by atoms with E-state index < -0.39 is 5.91 Å². The maximum absolute atomic E-state index is 11.0. The van der Waals surface area contributed by atoms with E-state index in [0.29, 0.717) is 5.89 Å². The minimum Gasteiger partial charge on any atom is -0.363 e. The van der Waals surface area contributed by atoms with Crippen molar-refractivity contribution >= 4 is 5.91 Å². The van der Waals surface area contributed by atoms with Crippen LogP contribution in [0.2, 0.25) is 0 Å². The number of amides is 1. The number of nitrogens with zero attached hydrogens (tertiary/aromatic N) is 5. The summed E-state index contributed by atoms with van der Waals surface area (Å²) in [5.74, 6) is -0.253. The number of primary amides is 1. The maximum atomic E-state index is 11.0. The highest BCUT2D eigenvalue weighted by Crippen LogP contribution is 2.30. The van der Waals surface area contributed by atoms with Crippen molar-refractivity contribution in [3.05, 3.63) is 30.2 Å². The molecule has 0 unspecified atom stereocenters. The van der Waals surface area contributed by atoms with Gasteiger partial charge < -0.3 is 10.3 Å². The molecule has 1 amide bonds. The molecule has 1 fully saturated rings. The molecule has 1 aliphatic heterocycles. The third-order valence-electron chi connectivity index (χ3n) is 3.49. The Morgan fingerprint density at radius 3 is 3.10 bits per heavy atom. The smallest absolute Gasteiger partial charge is 0.290 e. The standard InChI is InChI=1S/C12H16N6O2/c13-10(19)11-15-12(20-16-11)9-3-1-5-17(9)7-8-18-6-2-4-14-18/h2,4,6,9H,1,3,5,7-8H2,(H2,13,19)/t9-/m1/s1. The predicted octanol–water partition coefficient (Wildman–Crippen LogP) is 0.202. The van der Waals surface area contributed by atoms with Gasteiger partial charge in [0, 0.05) is 18.9 Å². The summed E-state index contributed by atoms with van der Waals surface area (Å²) < 4.78 is 7.04. The average Bonchev–Trinajstić information content (AvgIpc) is 3.17. The summed E-state index contributed by atoms with van der Waals surface area (Å²) in [6.45, 7) is 2.63. The van der Waals surface area contributed by atoms with Gasteiger partial charge in [0.1, 0.15) is 0 Å². The highest BCUT2D eigenvalue weighted by molar-refractivity contribution is 5.88. The molecule has 0 bridgehead atoms. The second kappa shape index (κ2) is 5.41. The minimum absolute atomic E-state index is 0.0565. The molecule has 2 aromatic rings. The zero-order valence-electron chi connectivity index (χ0n) is 11.0. The minimum atomic E-state index is -0.666. The number of carbonyl (C=O) groups excluding carboxylic acids is 1. The van der Waals surface area contributed by atoms with Crippen LogP contribution in [0.5, 0.6) is 0 Å². The van der Waals surface area contributed by atoms with E-state index in [9.17, 15) is 4.79 Å². The van der Waals surface area contributed by atoms with Crippen molar-refractivity contribution in [1.82, 2.24) is 24.8 Å². The molecule has 0 radical (unpaired) electrons. The first-order valence-corrected chi connectivity index (χ1v) is 6.59. The number of hydrogen-bond donors (Lipinski definition) is 1. The summed E-state index contributed by atoms with van der Waals surface area (Å²) in [5.41, 5.74) is 5.13. The van der Waals surface area contributed by atoms with Gasteiger partial charge in [0.25, 0.3) is 11.7 Å². The predicted molar refractivity (Wildman–Crippen MR) is 68.6 cm³/mol. The van der Waals surface area contributed by atoms with Gasteiger partial charge in [0.2, 0.25) is 5.89 Å². The van der Waals surface area contributed by atoms with Crippen molar-refractivity contribution in [3.63, 3.8) is 0 Å². The molecular weight excluding hydrogens is 260 g/mol. The van der Waals surface area contributed by atoms with E-state index in [2.05, 4.69) is 20.1 Å². The molecule has 8 nitrogen and oxygen atoms in total. The molecule has 3 heterocycles. The molecule has 2 N–H and O–H groups in total. The molecule has 0 aliphatic carbocycles. The van der Waals surface area contributed by atoms with E-state index >= 15 is 0 Å². The van der Waals surface area contributed by atoms with E-state index in [1.54, 1.807) is 6.20 Å². The molecular formula is C12H16N6O2. The largest absolute Gasteiger partial charge is 0.363 e. The van der Waals surface area contributed by atoms with E-state index in [4.69, 9.17) is 10.3 Å². The van der Waals surface area contributed by atoms with Gasteiger partial charge in [-0.15, -0.1) is 0 Å². The Labute approximate surface area is 115 Å². The van der Waals surface area contributed by atoms with Crippen LogP contribution in [-0.2, 0) is 6.54 Å². The Morgan fingerprint density at radius 1 is 1.50 bits per heavy atom.